The minimum Gasteiger partial charge on any atom is -0.410 e. The molecule has 1 fully saturated rings. The van der Waals surface area contributed by atoms with Crippen LogP contribution in [0.25, 0.3) is 0 Å². The van der Waals surface area contributed by atoms with Crippen molar-refractivity contribution in [2.45, 2.75) is 36.6 Å². The molecule has 2 aromatic heterocycles. The highest BCUT2D eigenvalue weighted by atomic mass is 32.2. The first-order chi connectivity index (χ1) is 14.2. The van der Waals surface area contributed by atoms with Crippen molar-refractivity contribution in [1.82, 2.24) is 19.9 Å². The second-order valence-electron chi connectivity index (χ2n) is 7.16. The predicted molar refractivity (Wildman–Crippen MR) is 113 cm³/mol. The van der Waals surface area contributed by atoms with E-state index in [9.17, 15) is 4.79 Å². The molecule has 7 heteroatoms. The number of aromatic nitrogens is 3. The van der Waals surface area contributed by atoms with Gasteiger partial charge in [-0.2, -0.15) is 0 Å². The summed E-state index contributed by atoms with van der Waals surface area (Å²) in [5.41, 5.74) is 3.18. The highest BCUT2D eigenvalue weighted by Gasteiger charge is 2.25. The van der Waals surface area contributed by atoms with Crippen molar-refractivity contribution >= 4 is 17.9 Å². The average Bonchev–Trinajstić information content (AvgIpc) is 3.23. The summed E-state index contributed by atoms with van der Waals surface area (Å²) in [5, 5.41) is 1.41. The Balaban J connectivity index is 1.26. The summed E-state index contributed by atoms with van der Waals surface area (Å²) in [6.45, 7) is 3.40. The van der Waals surface area contributed by atoms with Crippen LogP contribution in [0.4, 0.5) is 4.79 Å². The van der Waals surface area contributed by atoms with E-state index in [1.807, 2.05) is 55.6 Å². The van der Waals surface area contributed by atoms with Crippen molar-refractivity contribution in [1.29, 1.82) is 0 Å². The van der Waals surface area contributed by atoms with Crippen molar-refractivity contribution in [2.24, 2.45) is 0 Å². The summed E-state index contributed by atoms with van der Waals surface area (Å²) >= 11 is 1.74. The number of carbonyl (C=O) groups is 1. The molecule has 0 saturated carbocycles. The van der Waals surface area contributed by atoms with Crippen LogP contribution >= 0.6 is 11.8 Å². The first-order valence-corrected chi connectivity index (χ1v) is 10.7. The van der Waals surface area contributed by atoms with Gasteiger partial charge in [-0.15, -0.1) is 0 Å². The lowest BCUT2D eigenvalue weighted by atomic mass is 10.1. The average molecular weight is 409 g/mol. The number of aromatic amines is 1. The highest BCUT2D eigenvalue weighted by Crippen LogP contribution is 2.28. The molecule has 0 aliphatic carbocycles. The van der Waals surface area contributed by atoms with Gasteiger partial charge in [-0.25, -0.2) is 9.78 Å². The van der Waals surface area contributed by atoms with Gasteiger partial charge < -0.3 is 14.6 Å². The molecule has 1 aliphatic heterocycles. The molecule has 0 spiro atoms. The van der Waals surface area contributed by atoms with E-state index in [1.54, 1.807) is 22.9 Å². The Morgan fingerprint density at radius 1 is 1.21 bits per heavy atom. The fourth-order valence-corrected chi connectivity index (χ4v) is 4.40. The highest BCUT2D eigenvalue weighted by molar-refractivity contribution is 7.99. The molecule has 1 N–H and O–H groups in total. The Morgan fingerprint density at radius 3 is 2.69 bits per heavy atom. The third-order valence-corrected chi connectivity index (χ3v) is 6.16. The minimum absolute atomic E-state index is 0.278. The molecular formula is C22H24N4O2S. The zero-order valence-corrected chi connectivity index (χ0v) is 17.2. The van der Waals surface area contributed by atoms with Gasteiger partial charge in [0.05, 0.1) is 0 Å². The first-order valence-electron chi connectivity index (χ1n) is 9.80. The molecule has 3 aromatic rings. The van der Waals surface area contributed by atoms with Crippen LogP contribution in [-0.4, -0.2) is 44.3 Å². The summed E-state index contributed by atoms with van der Waals surface area (Å²) in [6, 6.07) is 13.7. The van der Waals surface area contributed by atoms with Gasteiger partial charge in [0.15, 0.2) is 5.16 Å². The van der Waals surface area contributed by atoms with Crippen molar-refractivity contribution in [3.63, 3.8) is 0 Å². The van der Waals surface area contributed by atoms with E-state index in [1.165, 1.54) is 0 Å². The van der Waals surface area contributed by atoms with Crippen LogP contribution in [0.2, 0.25) is 0 Å². The summed E-state index contributed by atoms with van der Waals surface area (Å²) in [5.74, 6) is 0.572. The molecule has 1 saturated heterocycles. The molecule has 3 heterocycles. The van der Waals surface area contributed by atoms with Crippen molar-refractivity contribution in [3.8, 4) is 5.75 Å². The number of likely N-dealkylation sites (tertiary alicyclic amines) is 1. The molecule has 0 unspecified atom stereocenters. The molecule has 1 aromatic carbocycles. The number of thioether (sulfide) groups is 1. The number of piperidine rings is 1. The quantitative estimate of drug-likeness (QED) is 0.675. The van der Waals surface area contributed by atoms with Gasteiger partial charge in [0.2, 0.25) is 0 Å². The van der Waals surface area contributed by atoms with E-state index in [0.717, 1.165) is 41.4 Å². The molecule has 0 atom stereocenters. The number of ether oxygens (including phenoxy) is 1. The second kappa shape index (κ2) is 9.13. The van der Waals surface area contributed by atoms with E-state index in [2.05, 4.69) is 15.0 Å². The van der Waals surface area contributed by atoms with Crippen LogP contribution in [0.5, 0.6) is 5.75 Å². The predicted octanol–water partition coefficient (Wildman–Crippen LogP) is 4.46. The molecule has 29 heavy (non-hydrogen) atoms. The van der Waals surface area contributed by atoms with E-state index >= 15 is 0 Å². The number of aryl methyl sites for hydroxylation is 1. The fourth-order valence-electron chi connectivity index (χ4n) is 3.38. The number of nitrogens with one attached hydrogen (secondary N) is 1. The molecule has 6 nitrogen and oxygen atoms in total. The lowest BCUT2D eigenvalue weighted by Crippen LogP contribution is -2.40. The normalized spacial score (nSPS) is 14.7. The molecule has 0 bridgehead atoms. The number of carbonyl (C=O) groups excluding carboxylic acids is 1. The molecule has 0 radical (unpaired) electrons. The number of pyridine rings is 1. The Hall–Kier alpha value is -2.80. The first kappa shape index (κ1) is 19.5. The maximum atomic E-state index is 12.5. The van der Waals surface area contributed by atoms with Crippen LogP contribution in [-0.2, 0) is 6.42 Å². The van der Waals surface area contributed by atoms with Gasteiger partial charge in [-0.1, -0.05) is 30.0 Å². The standard InChI is InChI=1S/C22H24N4O2S/c1-16-3-2-4-18(25-16)15-17-5-7-19(8-6-17)28-22(27)26-13-9-20(10-14-26)29-21-23-11-12-24-21/h2-8,11-12,20H,9-10,13-15H2,1H3,(H,23,24). The Morgan fingerprint density at radius 2 is 2.00 bits per heavy atom. The third-order valence-electron chi connectivity index (χ3n) is 4.91. The summed E-state index contributed by atoms with van der Waals surface area (Å²) in [4.78, 5) is 26.2. The third kappa shape index (κ3) is 5.38. The summed E-state index contributed by atoms with van der Waals surface area (Å²) < 4.78 is 5.57. The van der Waals surface area contributed by atoms with Gasteiger partial charge in [-0.3, -0.25) is 4.98 Å². The number of benzene rings is 1. The van der Waals surface area contributed by atoms with Gasteiger partial charge >= 0.3 is 6.09 Å². The number of H-pyrrole nitrogens is 1. The molecule has 150 valence electrons. The maximum absolute atomic E-state index is 12.5. The number of rotatable bonds is 5. The van der Waals surface area contributed by atoms with Gasteiger partial charge in [0.25, 0.3) is 0 Å². The van der Waals surface area contributed by atoms with Crippen LogP contribution in [0.15, 0.2) is 60.0 Å². The van der Waals surface area contributed by atoms with Gasteiger partial charge in [-0.05, 0) is 49.6 Å². The zero-order valence-electron chi connectivity index (χ0n) is 16.4. The SMILES string of the molecule is Cc1cccc(Cc2ccc(OC(=O)N3CCC(Sc4ncc[nH]4)CC3)cc2)n1. The summed E-state index contributed by atoms with van der Waals surface area (Å²) in [6.07, 6.45) is 5.94. The maximum Gasteiger partial charge on any atom is 0.415 e. The minimum atomic E-state index is -0.278. The van der Waals surface area contributed by atoms with Crippen LogP contribution < -0.4 is 4.74 Å². The number of amides is 1. The second-order valence-corrected chi connectivity index (χ2v) is 8.45. The number of nitrogens with zero attached hydrogens (tertiary/aromatic N) is 3. The van der Waals surface area contributed by atoms with E-state index in [-0.39, 0.29) is 6.09 Å². The zero-order chi connectivity index (χ0) is 20.1. The van der Waals surface area contributed by atoms with Gasteiger partial charge in [0, 0.05) is 48.5 Å². The van der Waals surface area contributed by atoms with Crippen molar-refractivity contribution in [3.05, 3.63) is 71.8 Å². The fraction of sp³-hybridized carbons (Fsp3) is 0.318. The van der Waals surface area contributed by atoms with E-state index in [4.69, 9.17) is 4.74 Å². The van der Waals surface area contributed by atoms with E-state index in [0.29, 0.717) is 24.1 Å². The van der Waals surface area contributed by atoms with Gasteiger partial charge in [0.1, 0.15) is 5.75 Å². The number of hydrogen-bond donors (Lipinski definition) is 1. The molecule has 4 rings (SSSR count). The number of hydrogen-bond acceptors (Lipinski definition) is 5. The Labute approximate surface area is 174 Å². The largest absolute Gasteiger partial charge is 0.415 e. The monoisotopic (exact) mass is 408 g/mol. The van der Waals surface area contributed by atoms with Crippen LogP contribution in [0.3, 0.4) is 0 Å². The van der Waals surface area contributed by atoms with E-state index < -0.39 is 0 Å². The van der Waals surface area contributed by atoms with Crippen LogP contribution in [0.1, 0.15) is 29.8 Å². The van der Waals surface area contributed by atoms with Crippen molar-refractivity contribution < 1.29 is 9.53 Å². The Kier molecular flexibility index (Phi) is 6.14. The topological polar surface area (TPSA) is 71.1 Å². The molecule has 1 amide bonds. The van der Waals surface area contributed by atoms with Crippen molar-refractivity contribution in [2.75, 3.05) is 13.1 Å². The summed E-state index contributed by atoms with van der Waals surface area (Å²) in [7, 11) is 0. The molecule has 1 aliphatic rings. The Bertz CT molecular complexity index is 936. The lowest BCUT2D eigenvalue weighted by Gasteiger charge is -2.30. The molecular weight excluding hydrogens is 384 g/mol. The smallest absolute Gasteiger partial charge is 0.410 e. The van der Waals surface area contributed by atoms with Crippen LogP contribution in [0, 0.1) is 6.92 Å². The number of imidazole rings is 1. The lowest BCUT2D eigenvalue weighted by molar-refractivity contribution is 0.143.